The van der Waals surface area contributed by atoms with Gasteiger partial charge in [0.15, 0.2) is 5.15 Å². The number of aromatic nitrogens is 2. The Morgan fingerprint density at radius 3 is 2.38 bits per heavy atom. The van der Waals surface area contributed by atoms with Gasteiger partial charge in [-0.15, -0.1) is 10.2 Å². The van der Waals surface area contributed by atoms with Gasteiger partial charge in [-0.05, 0) is 36.4 Å². The molecule has 5 heteroatoms. The minimum absolute atomic E-state index is 0.402. The van der Waals surface area contributed by atoms with E-state index in [1.807, 2.05) is 30.3 Å². The third kappa shape index (κ3) is 2.87. The van der Waals surface area contributed by atoms with E-state index in [4.69, 9.17) is 16.3 Å². The molecule has 1 aromatic heterocycles. The Labute approximate surface area is 103 Å². The van der Waals surface area contributed by atoms with E-state index in [0.717, 1.165) is 15.7 Å². The highest BCUT2D eigenvalue weighted by molar-refractivity contribution is 7.99. The number of hydrogen-bond donors (Lipinski definition) is 0. The number of hydrogen-bond acceptors (Lipinski definition) is 4. The normalized spacial score (nSPS) is 10.1. The maximum absolute atomic E-state index is 5.65. The zero-order chi connectivity index (χ0) is 11.4. The number of rotatable bonds is 3. The molecule has 0 fully saturated rings. The van der Waals surface area contributed by atoms with Gasteiger partial charge in [0.1, 0.15) is 10.8 Å². The van der Waals surface area contributed by atoms with Gasteiger partial charge in [0.05, 0.1) is 7.11 Å². The van der Waals surface area contributed by atoms with Crippen LogP contribution >= 0.6 is 23.4 Å². The Hall–Kier alpha value is -1.26. The third-order valence-electron chi connectivity index (χ3n) is 1.89. The van der Waals surface area contributed by atoms with E-state index in [-0.39, 0.29) is 0 Å². The fourth-order valence-electron chi connectivity index (χ4n) is 1.12. The smallest absolute Gasteiger partial charge is 0.151 e. The van der Waals surface area contributed by atoms with Crippen molar-refractivity contribution in [1.82, 2.24) is 10.2 Å². The summed E-state index contributed by atoms with van der Waals surface area (Å²) in [6.07, 6.45) is 0. The second kappa shape index (κ2) is 5.18. The van der Waals surface area contributed by atoms with Crippen LogP contribution in [0.5, 0.6) is 5.75 Å². The molecule has 0 aliphatic heterocycles. The highest BCUT2D eigenvalue weighted by Gasteiger charge is 2.00. The molecule has 2 aromatic rings. The lowest BCUT2D eigenvalue weighted by Gasteiger charge is -2.02. The minimum Gasteiger partial charge on any atom is -0.497 e. The van der Waals surface area contributed by atoms with Crippen LogP contribution in [-0.4, -0.2) is 17.3 Å². The molecule has 0 atom stereocenters. The summed E-state index contributed by atoms with van der Waals surface area (Å²) < 4.78 is 5.08. The molecule has 16 heavy (non-hydrogen) atoms. The highest BCUT2D eigenvalue weighted by Crippen LogP contribution is 2.27. The van der Waals surface area contributed by atoms with Gasteiger partial charge in [-0.3, -0.25) is 0 Å². The van der Waals surface area contributed by atoms with Gasteiger partial charge in [0.2, 0.25) is 0 Å². The Morgan fingerprint density at radius 1 is 1.06 bits per heavy atom. The molecule has 0 aliphatic carbocycles. The molecule has 0 spiro atoms. The van der Waals surface area contributed by atoms with Crippen molar-refractivity contribution in [3.05, 3.63) is 41.6 Å². The van der Waals surface area contributed by atoms with Gasteiger partial charge in [-0.1, -0.05) is 23.4 Å². The molecule has 1 aromatic carbocycles. The van der Waals surface area contributed by atoms with Crippen molar-refractivity contribution >= 4 is 23.4 Å². The van der Waals surface area contributed by atoms with E-state index >= 15 is 0 Å². The van der Waals surface area contributed by atoms with E-state index in [1.54, 1.807) is 13.2 Å². The number of benzene rings is 1. The molecule has 2 rings (SSSR count). The first-order valence-corrected chi connectivity index (χ1v) is 5.78. The van der Waals surface area contributed by atoms with Crippen LogP contribution in [0.2, 0.25) is 5.15 Å². The van der Waals surface area contributed by atoms with Crippen molar-refractivity contribution in [1.29, 1.82) is 0 Å². The summed E-state index contributed by atoms with van der Waals surface area (Å²) in [5.41, 5.74) is 0. The monoisotopic (exact) mass is 252 g/mol. The molecule has 0 aliphatic rings. The quantitative estimate of drug-likeness (QED) is 0.840. The number of ether oxygens (including phenoxy) is 1. The molecular formula is C11H9ClN2OS. The molecule has 0 radical (unpaired) electrons. The van der Waals surface area contributed by atoms with Gasteiger partial charge in [0.25, 0.3) is 0 Å². The van der Waals surface area contributed by atoms with E-state index in [9.17, 15) is 0 Å². The zero-order valence-electron chi connectivity index (χ0n) is 8.55. The van der Waals surface area contributed by atoms with Gasteiger partial charge in [0, 0.05) is 4.90 Å². The van der Waals surface area contributed by atoms with Crippen LogP contribution < -0.4 is 4.74 Å². The summed E-state index contributed by atoms with van der Waals surface area (Å²) in [5, 5.41) is 8.96. The first-order valence-electron chi connectivity index (χ1n) is 4.59. The standard InChI is InChI=1S/C11H9ClN2OS/c1-15-8-2-4-9(5-3-8)16-11-7-6-10(12)13-14-11/h2-7H,1H3. The van der Waals surface area contributed by atoms with E-state index in [2.05, 4.69) is 10.2 Å². The van der Waals surface area contributed by atoms with Gasteiger partial charge >= 0.3 is 0 Å². The van der Waals surface area contributed by atoms with Gasteiger partial charge in [-0.2, -0.15) is 0 Å². The number of halogens is 1. The Kier molecular flexibility index (Phi) is 3.64. The molecule has 0 bridgehead atoms. The predicted molar refractivity (Wildman–Crippen MR) is 64.2 cm³/mol. The molecule has 0 saturated heterocycles. The third-order valence-corrected chi connectivity index (χ3v) is 3.03. The van der Waals surface area contributed by atoms with Crippen LogP contribution in [-0.2, 0) is 0 Å². The molecule has 0 unspecified atom stereocenters. The Morgan fingerprint density at radius 2 is 1.81 bits per heavy atom. The first kappa shape index (κ1) is 11.2. The van der Waals surface area contributed by atoms with E-state index in [0.29, 0.717) is 5.15 Å². The summed E-state index contributed by atoms with van der Waals surface area (Å²) in [4.78, 5) is 1.08. The highest BCUT2D eigenvalue weighted by atomic mass is 35.5. The van der Waals surface area contributed by atoms with Crippen molar-refractivity contribution < 1.29 is 4.74 Å². The number of methoxy groups -OCH3 is 1. The van der Waals surface area contributed by atoms with Crippen molar-refractivity contribution in [2.75, 3.05) is 7.11 Å². The molecule has 82 valence electrons. The number of nitrogens with zero attached hydrogens (tertiary/aromatic N) is 2. The van der Waals surface area contributed by atoms with Crippen molar-refractivity contribution in [3.8, 4) is 5.75 Å². The maximum Gasteiger partial charge on any atom is 0.151 e. The zero-order valence-corrected chi connectivity index (χ0v) is 10.1. The first-order chi connectivity index (χ1) is 7.78. The fraction of sp³-hybridized carbons (Fsp3) is 0.0909. The summed E-state index contributed by atoms with van der Waals surface area (Å²) in [5.74, 6) is 0.839. The second-order valence-corrected chi connectivity index (χ2v) is 4.45. The SMILES string of the molecule is COc1ccc(Sc2ccc(Cl)nn2)cc1. The molecule has 1 heterocycles. The van der Waals surface area contributed by atoms with Crippen molar-refractivity contribution in [3.63, 3.8) is 0 Å². The van der Waals surface area contributed by atoms with E-state index < -0.39 is 0 Å². The summed E-state index contributed by atoms with van der Waals surface area (Å²) >= 11 is 7.18. The van der Waals surface area contributed by atoms with Crippen LogP contribution in [0.4, 0.5) is 0 Å². The van der Waals surface area contributed by atoms with Crippen LogP contribution in [0.1, 0.15) is 0 Å². The largest absolute Gasteiger partial charge is 0.497 e. The summed E-state index contributed by atoms with van der Waals surface area (Å²) in [6, 6.07) is 11.3. The average Bonchev–Trinajstić information content (AvgIpc) is 2.33. The molecule has 0 saturated carbocycles. The molecular weight excluding hydrogens is 244 g/mol. The average molecular weight is 253 g/mol. The maximum atomic E-state index is 5.65. The van der Waals surface area contributed by atoms with Gasteiger partial charge in [-0.25, -0.2) is 0 Å². The predicted octanol–water partition coefficient (Wildman–Crippen LogP) is 3.29. The van der Waals surface area contributed by atoms with Crippen LogP contribution in [0, 0.1) is 0 Å². The lowest BCUT2D eigenvalue weighted by molar-refractivity contribution is 0.414. The Balaban J connectivity index is 2.11. The molecule has 3 nitrogen and oxygen atoms in total. The molecule has 0 amide bonds. The minimum atomic E-state index is 0.402. The fourth-order valence-corrected chi connectivity index (χ4v) is 1.95. The second-order valence-electron chi connectivity index (χ2n) is 2.97. The molecule has 0 N–H and O–H groups in total. The van der Waals surface area contributed by atoms with E-state index in [1.165, 1.54) is 11.8 Å². The Bertz CT molecular complexity index is 458. The van der Waals surface area contributed by atoms with Gasteiger partial charge < -0.3 is 4.74 Å². The van der Waals surface area contributed by atoms with Crippen LogP contribution in [0.25, 0.3) is 0 Å². The van der Waals surface area contributed by atoms with Crippen molar-refractivity contribution in [2.45, 2.75) is 9.92 Å². The summed E-state index contributed by atoms with van der Waals surface area (Å²) in [6.45, 7) is 0. The van der Waals surface area contributed by atoms with Crippen LogP contribution in [0.3, 0.4) is 0 Å². The lowest BCUT2D eigenvalue weighted by atomic mass is 10.3. The topological polar surface area (TPSA) is 35.0 Å². The van der Waals surface area contributed by atoms with Crippen LogP contribution in [0.15, 0.2) is 46.3 Å². The van der Waals surface area contributed by atoms with Crippen molar-refractivity contribution in [2.24, 2.45) is 0 Å². The lowest BCUT2D eigenvalue weighted by Crippen LogP contribution is -1.85. The summed E-state index contributed by atoms with van der Waals surface area (Å²) in [7, 11) is 1.65.